The minimum absolute atomic E-state index is 0.144. The van der Waals surface area contributed by atoms with Gasteiger partial charge in [0.2, 0.25) is 5.91 Å². The SMILES string of the molecule is CCSc1nc(=O)c2c(n1C)NC(=O)CC2c1ccc(OC)cc1OC. The van der Waals surface area contributed by atoms with E-state index in [-0.39, 0.29) is 17.9 Å². The summed E-state index contributed by atoms with van der Waals surface area (Å²) in [6, 6.07) is 5.38. The van der Waals surface area contributed by atoms with Crippen molar-refractivity contribution >= 4 is 23.5 Å². The van der Waals surface area contributed by atoms with Crippen molar-refractivity contribution in [1.82, 2.24) is 9.55 Å². The summed E-state index contributed by atoms with van der Waals surface area (Å²) < 4.78 is 12.5. The van der Waals surface area contributed by atoms with Gasteiger partial charge in [0.25, 0.3) is 5.56 Å². The van der Waals surface area contributed by atoms with Gasteiger partial charge in [0, 0.05) is 31.0 Å². The quantitative estimate of drug-likeness (QED) is 0.638. The molecule has 138 valence electrons. The van der Waals surface area contributed by atoms with E-state index in [2.05, 4.69) is 10.3 Å². The Labute approximate surface area is 155 Å². The third-order valence-corrected chi connectivity index (χ3v) is 5.30. The van der Waals surface area contributed by atoms with E-state index >= 15 is 0 Å². The van der Waals surface area contributed by atoms with Gasteiger partial charge in [0.05, 0.1) is 19.8 Å². The Morgan fingerprint density at radius 2 is 2.08 bits per heavy atom. The number of nitrogens with one attached hydrogen (secondary N) is 1. The summed E-state index contributed by atoms with van der Waals surface area (Å²) in [7, 11) is 4.93. The summed E-state index contributed by atoms with van der Waals surface area (Å²) in [5, 5.41) is 3.42. The smallest absolute Gasteiger partial charge is 0.279 e. The molecule has 3 rings (SSSR count). The molecule has 0 fully saturated rings. The van der Waals surface area contributed by atoms with Crippen LogP contribution in [-0.2, 0) is 11.8 Å². The maximum absolute atomic E-state index is 12.8. The van der Waals surface area contributed by atoms with Crippen molar-refractivity contribution in [1.29, 1.82) is 0 Å². The Morgan fingerprint density at radius 1 is 1.31 bits per heavy atom. The lowest BCUT2D eigenvalue weighted by Crippen LogP contribution is -2.33. The molecule has 0 radical (unpaired) electrons. The molecule has 1 unspecified atom stereocenters. The number of aromatic nitrogens is 2. The first-order valence-electron chi connectivity index (χ1n) is 8.25. The number of thioether (sulfide) groups is 1. The van der Waals surface area contributed by atoms with Crippen molar-refractivity contribution in [2.24, 2.45) is 7.05 Å². The lowest BCUT2D eigenvalue weighted by molar-refractivity contribution is -0.116. The molecular weight excluding hydrogens is 354 g/mol. The van der Waals surface area contributed by atoms with Gasteiger partial charge in [-0.15, -0.1) is 0 Å². The molecule has 0 spiro atoms. The second kappa shape index (κ2) is 7.41. The normalized spacial score (nSPS) is 16.0. The number of amides is 1. The number of rotatable bonds is 5. The zero-order valence-corrected chi connectivity index (χ0v) is 16.0. The van der Waals surface area contributed by atoms with Crippen LogP contribution in [0, 0.1) is 0 Å². The molecule has 2 aromatic rings. The van der Waals surface area contributed by atoms with Gasteiger partial charge in [-0.2, -0.15) is 4.98 Å². The van der Waals surface area contributed by atoms with E-state index in [0.29, 0.717) is 28.0 Å². The highest BCUT2D eigenvalue weighted by atomic mass is 32.2. The van der Waals surface area contributed by atoms with Gasteiger partial charge in [0.1, 0.15) is 17.3 Å². The van der Waals surface area contributed by atoms with Crippen molar-refractivity contribution in [2.45, 2.75) is 24.4 Å². The van der Waals surface area contributed by atoms with E-state index < -0.39 is 5.92 Å². The number of carbonyl (C=O) groups is 1. The summed E-state index contributed by atoms with van der Waals surface area (Å²) in [5.41, 5.74) is 0.923. The molecule has 0 bridgehead atoms. The van der Waals surface area contributed by atoms with Gasteiger partial charge >= 0.3 is 0 Å². The first-order valence-corrected chi connectivity index (χ1v) is 9.24. The Hall–Kier alpha value is -2.48. The van der Waals surface area contributed by atoms with E-state index in [4.69, 9.17) is 9.47 Å². The predicted molar refractivity (Wildman–Crippen MR) is 101 cm³/mol. The first kappa shape index (κ1) is 18.3. The summed E-state index contributed by atoms with van der Waals surface area (Å²) >= 11 is 1.46. The van der Waals surface area contributed by atoms with Gasteiger partial charge in [-0.05, 0) is 11.8 Å². The van der Waals surface area contributed by atoms with Crippen LogP contribution < -0.4 is 20.3 Å². The Bertz CT molecular complexity index is 910. The standard InChI is InChI=1S/C18H21N3O4S/c1-5-26-18-20-17(23)15-12(9-14(22)19-16(15)21(18)2)11-7-6-10(24-3)8-13(11)25-4/h6-8,12H,5,9H2,1-4H3,(H,19,22). The van der Waals surface area contributed by atoms with Crippen LogP contribution >= 0.6 is 11.8 Å². The summed E-state index contributed by atoms with van der Waals surface area (Å²) in [6.45, 7) is 1.99. The summed E-state index contributed by atoms with van der Waals surface area (Å²) in [6.07, 6.45) is 0.160. The molecule has 1 aromatic heterocycles. The number of carbonyl (C=O) groups excluding carboxylic acids is 1. The highest BCUT2D eigenvalue weighted by Crippen LogP contribution is 2.40. The third kappa shape index (κ3) is 3.16. The molecule has 1 N–H and O–H groups in total. The molecule has 2 heterocycles. The van der Waals surface area contributed by atoms with Crippen LogP contribution in [0.5, 0.6) is 11.5 Å². The number of hydrogen-bond acceptors (Lipinski definition) is 6. The van der Waals surface area contributed by atoms with Crippen LogP contribution in [0.4, 0.5) is 5.82 Å². The monoisotopic (exact) mass is 375 g/mol. The lowest BCUT2D eigenvalue weighted by atomic mass is 9.86. The van der Waals surface area contributed by atoms with Gasteiger partial charge in [-0.25, -0.2) is 0 Å². The van der Waals surface area contributed by atoms with Crippen molar-refractivity contribution in [2.75, 3.05) is 25.3 Å². The van der Waals surface area contributed by atoms with Crippen LogP contribution in [0.1, 0.15) is 30.4 Å². The predicted octanol–water partition coefficient (Wildman–Crippen LogP) is 2.38. The number of hydrogen-bond donors (Lipinski definition) is 1. The number of benzene rings is 1. The summed E-state index contributed by atoms with van der Waals surface area (Å²) in [5.74, 6) is 1.93. The number of anilines is 1. The molecule has 8 heteroatoms. The molecule has 1 atom stereocenters. The van der Waals surface area contributed by atoms with Crippen molar-refractivity contribution in [3.8, 4) is 11.5 Å². The molecule has 0 aliphatic carbocycles. The van der Waals surface area contributed by atoms with Crippen LogP contribution in [0.2, 0.25) is 0 Å². The Morgan fingerprint density at radius 3 is 2.73 bits per heavy atom. The van der Waals surface area contributed by atoms with Gasteiger partial charge < -0.3 is 19.4 Å². The topological polar surface area (TPSA) is 82.5 Å². The second-order valence-electron chi connectivity index (χ2n) is 5.87. The van der Waals surface area contributed by atoms with E-state index in [1.165, 1.54) is 11.8 Å². The zero-order valence-electron chi connectivity index (χ0n) is 15.2. The lowest BCUT2D eigenvalue weighted by Gasteiger charge is -2.28. The molecule has 1 aliphatic rings. The van der Waals surface area contributed by atoms with E-state index in [0.717, 1.165) is 11.3 Å². The van der Waals surface area contributed by atoms with Gasteiger partial charge in [0.15, 0.2) is 5.16 Å². The Kier molecular flexibility index (Phi) is 5.22. The maximum Gasteiger partial charge on any atom is 0.279 e. The fourth-order valence-corrected chi connectivity index (χ4v) is 3.86. The maximum atomic E-state index is 12.8. The average Bonchev–Trinajstić information content (AvgIpc) is 2.64. The van der Waals surface area contributed by atoms with Crippen LogP contribution in [-0.4, -0.2) is 35.4 Å². The number of nitrogens with zero attached hydrogens (tertiary/aromatic N) is 2. The van der Waals surface area contributed by atoms with Crippen LogP contribution in [0.15, 0.2) is 28.2 Å². The van der Waals surface area contributed by atoms with Gasteiger partial charge in [-0.1, -0.05) is 24.8 Å². The summed E-state index contributed by atoms with van der Waals surface area (Å²) in [4.78, 5) is 29.3. The molecule has 0 saturated carbocycles. The number of ether oxygens (including phenoxy) is 2. The number of fused-ring (bicyclic) bond motifs is 1. The fraction of sp³-hybridized carbons (Fsp3) is 0.389. The number of methoxy groups -OCH3 is 2. The van der Waals surface area contributed by atoms with Crippen molar-refractivity contribution < 1.29 is 14.3 Å². The average molecular weight is 375 g/mol. The van der Waals surface area contributed by atoms with E-state index in [9.17, 15) is 9.59 Å². The highest BCUT2D eigenvalue weighted by molar-refractivity contribution is 7.99. The highest BCUT2D eigenvalue weighted by Gasteiger charge is 2.33. The first-order chi connectivity index (χ1) is 12.5. The molecular formula is C18H21N3O4S. The second-order valence-corrected chi connectivity index (χ2v) is 7.10. The molecule has 26 heavy (non-hydrogen) atoms. The van der Waals surface area contributed by atoms with Gasteiger partial charge in [-0.3, -0.25) is 9.59 Å². The minimum Gasteiger partial charge on any atom is -0.497 e. The van der Waals surface area contributed by atoms with Crippen molar-refractivity contribution in [3.63, 3.8) is 0 Å². The van der Waals surface area contributed by atoms with E-state index in [1.54, 1.807) is 38.0 Å². The van der Waals surface area contributed by atoms with Crippen LogP contribution in [0.25, 0.3) is 0 Å². The Balaban J connectivity index is 2.20. The van der Waals surface area contributed by atoms with E-state index in [1.807, 2.05) is 13.0 Å². The van der Waals surface area contributed by atoms with Crippen molar-refractivity contribution in [3.05, 3.63) is 39.7 Å². The zero-order chi connectivity index (χ0) is 18.8. The third-order valence-electron chi connectivity index (χ3n) is 4.39. The minimum atomic E-state index is -0.425. The largest absolute Gasteiger partial charge is 0.497 e. The molecule has 0 saturated heterocycles. The molecule has 1 aliphatic heterocycles. The molecule has 1 amide bonds. The molecule has 1 aromatic carbocycles. The molecule has 7 nitrogen and oxygen atoms in total. The van der Waals surface area contributed by atoms with Crippen LogP contribution in [0.3, 0.4) is 0 Å². The fourth-order valence-electron chi connectivity index (χ4n) is 3.17.